The highest BCUT2D eigenvalue weighted by molar-refractivity contribution is 7.05. The molecule has 0 aromatic carbocycles. The van der Waals surface area contributed by atoms with Crippen molar-refractivity contribution in [3.63, 3.8) is 0 Å². The normalized spacial score (nSPS) is 16.5. The van der Waals surface area contributed by atoms with E-state index in [1.807, 2.05) is 6.92 Å². The summed E-state index contributed by atoms with van der Waals surface area (Å²) in [5.41, 5.74) is 0.0197. The van der Waals surface area contributed by atoms with E-state index in [2.05, 4.69) is 44.0 Å². The second kappa shape index (κ2) is 5.01. The summed E-state index contributed by atoms with van der Waals surface area (Å²) in [5, 5.41) is 1.17. The van der Waals surface area contributed by atoms with E-state index in [1.54, 1.807) is 0 Å². The van der Waals surface area contributed by atoms with Gasteiger partial charge in [-0.05, 0) is 24.4 Å². The van der Waals surface area contributed by atoms with Gasteiger partial charge in [0.2, 0.25) is 0 Å². The quantitative estimate of drug-likeness (QED) is 0.761. The van der Waals surface area contributed by atoms with Crippen molar-refractivity contribution in [1.82, 2.24) is 9.36 Å². The number of halogens is 1. The predicted octanol–water partition coefficient (Wildman–Crippen LogP) is 4.20. The van der Waals surface area contributed by atoms with Crippen LogP contribution in [-0.4, -0.2) is 14.7 Å². The molecule has 0 bridgehead atoms. The molecule has 92 valence electrons. The Morgan fingerprint density at radius 1 is 1.19 bits per heavy atom. The maximum absolute atomic E-state index is 6.24. The average Bonchev–Trinajstić information content (AvgIpc) is 2.50. The van der Waals surface area contributed by atoms with E-state index in [9.17, 15) is 0 Å². The van der Waals surface area contributed by atoms with Crippen LogP contribution >= 0.6 is 23.1 Å². The molecule has 1 rings (SSSR count). The maximum Gasteiger partial charge on any atom is 0.147 e. The van der Waals surface area contributed by atoms with E-state index in [0.29, 0.717) is 11.8 Å². The molecule has 2 unspecified atom stereocenters. The molecule has 1 aromatic rings. The zero-order chi connectivity index (χ0) is 12.5. The number of hydrogen-bond acceptors (Lipinski definition) is 3. The number of rotatable bonds is 3. The van der Waals surface area contributed by atoms with Gasteiger partial charge < -0.3 is 0 Å². The molecule has 0 fully saturated rings. The highest BCUT2D eigenvalue weighted by Gasteiger charge is 2.27. The minimum absolute atomic E-state index is 0.0197. The monoisotopic (exact) mass is 260 g/mol. The van der Waals surface area contributed by atoms with Gasteiger partial charge >= 0.3 is 0 Å². The van der Waals surface area contributed by atoms with Crippen molar-refractivity contribution in [2.45, 2.75) is 58.3 Å². The summed E-state index contributed by atoms with van der Waals surface area (Å²) in [6.45, 7) is 12.8. The number of aromatic nitrogens is 2. The molecule has 1 aromatic heterocycles. The standard InChI is InChI=1S/C12H21ClN2S/c1-7(2)9(8(3)13)10-14-11(15-16-10)12(4,5)6/h7-9H,1-6H3. The molecule has 1 heterocycles. The molecule has 16 heavy (non-hydrogen) atoms. The molecule has 4 heteroatoms. The number of alkyl halides is 1. The van der Waals surface area contributed by atoms with Crippen LogP contribution in [0.4, 0.5) is 0 Å². The highest BCUT2D eigenvalue weighted by Crippen LogP contribution is 2.33. The minimum atomic E-state index is 0.0197. The molecule has 0 saturated carbocycles. The third kappa shape index (κ3) is 3.17. The molecule has 0 amide bonds. The predicted molar refractivity (Wildman–Crippen MR) is 71.5 cm³/mol. The first-order valence-electron chi connectivity index (χ1n) is 5.71. The first kappa shape index (κ1) is 13.9. The van der Waals surface area contributed by atoms with Crippen LogP contribution in [0.15, 0.2) is 0 Å². The molecule has 0 N–H and O–H groups in total. The molecular weight excluding hydrogens is 240 g/mol. The van der Waals surface area contributed by atoms with Crippen LogP contribution in [-0.2, 0) is 5.41 Å². The maximum atomic E-state index is 6.24. The van der Waals surface area contributed by atoms with Crippen molar-refractivity contribution >= 4 is 23.1 Å². The van der Waals surface area contributed by atoms with Crippen molar-refractivity contribution in [2.24, 2.45) is 5.92 Å². The van der Waals surface area contributed by atoms with Crippen LogP contribution in [0.2, 0.25) is 0 Å². The van der Waals surface area contributed by atoms with E-state index in [-0.39, 0.29) is 10.8 Å². The van der Waals surface area contributed by atoms with E-state index in [0.717, 1.165) is 10.8 Å². The van der Waals surface area contributed by atoms with Gasteiger partial charge in [-0.25, -0.2) is 4.98 Å². The summed E-state index contributed by atoms with van der Waals surface area (Å²) in [4.78, 5) is 4.65. The summed E-state index contributed by atoms with van der Waals surface area (Å²) in [7, 11) is 0. The van der Waals surface area contributed by atoms with Gasteiger partial charge in [0.1, 0.15) is 10.8 Å². The average molecular weight is 261 g/mol. The van der Waals surface area contributed by atoms with Gasteiger partial charge in [-0.15, -0.1) is 11.6 Å². The number of hydrogen-bond donors (Lipinski definition) is 0. The van der Waals surface area contributed by atoms with Crippen LogP contribution in [0.25, 0.3) is 0 Å². The van der Waals surface area contributed by atoms with E-state index in [1.165, 1.54) is 11.5 Å². The fourth-order valence-electron chi connectivity index (χ4n) is 1.69. The fraction of sp³-hybridized carbons (Fsp3) is 0.833. The second-order valence-electron chi connectivity index (χ2n) is 5.65. The summed E-state index contributed by atoms with van der Waals surface area (Å²) in [6, 6.07) is 0. The van der Waals surface area contributed by atoms with Gasteiger partial charge in [0.15, 0.2) is 0 Å². The van der Waals surface area contributed by atoms with Gasteiger partial charge in [-0.3, -0.25) is 0 Å². The zero-order valence-corrected chi connectivity index (χ0v) is 12.5. The van der Waals surface area contributed by atoms with E-state index in [4.69, 9.17) is 11.6 Å². The molecule has 0 aliphatic carbocycles. The van der Waals surface area contributed by atoms with Crippen molar-refractivity contribution in [1.29, 1.82) is 0 Å². The lowest BCUT2D eigenvalue weighted by Gasteiger charge is -2.20. The minimum Gasteiger partial charge on any atom is -0.224 e. The second-order valence-corrected chi connectivity index (χ2v) is 7.13. The Balaban J connectivity index is 3.00. The lowest BCUT2D eigenvalue weighted by Crippen LogP contribution is -2.17. The number of nitrogens with zero attached hydrogens (tertiary/aromatic N) is 2. The Hall–Kier alpha value is -0.150. The Morgan fingerprint density at radius 2 is 1.75 bits per heavy atom. The lowest BCUT2D eigenvalue weighted by molar-refractivity contribution is 0.482. The summed E-state index contributed by atoms with van der Waals surface area (Å²) < 4.78 is 4.45. The van der Waals surface area contributed by atoms with Gasteiger partial charge in [0, 0.05) is 16.7 Å². The SMILES string of the molecule is CC(C)C(c1nc(C(C)(C)C)ns1)C(C)Cl. The summed E-state index contributed by atoms with van der Waals surface area (Å²) >= 11 is 7.73. The van der Waals surface area contributed by atoms with Crippen LogP contribution in [0.1, 0.15) is 58.3 Å². The first-order chi connectivity index (χ1) is 7.23. The van der Waals surface area contributed by atoms with Gasteiger partial charge in [-0.1, -0.05) is 34.6 Å². The third-order valence-corrected chi connectivity index (χ3v) is 3.70. The van der Waals surface area contributed by atoms with Crippen LogP contribution in [0.5, 0.6) is 0 Å². The lowest BCUT2D eigenvalue weighted by atomic mass is 9.93. The molecule has 2 atom stereocenters. The largest absolute Gasteiger partial charge is 0.224 e. The first-order valence-corrected chi connectivity index (χ1v) is 6.92. The fourth-order valence-corrected chi connectivity index (χ4v) is 3.39. The van der Waals surface area contributed by atoms with Crippen LogP contribution in [0.3, 0.4) is 0 Å². The summed E-state index contributed by atoms with van der Waals surface area (Å²) in [5.74, 6) is 1.72. The third-order valence-electron chi connectivity index (χ3n) is 2.61. The molecule has 2 nitrogen and oxygen atoms in total. The Labute approximate surface area is 108 Å². The summed E-state index contributed by atoms with van der Waals surface area (Å²) in [6.07, 6.45) is 0. The topological polar surface area (TPSA) is 25.8 Å². The molecule has 0 aliphatic rings. The van der Waals surface area contributed by atoms with E-state index >= 15 is 0 Å². The van der Waals surface area contributed by atoms with Crippen LogP contribution < -0.4 is 0 Å². The smallest absolute Gasteiger partial charge is 0.147 e. The van der Waals surface area contributed by atoms with Crippen molar-refractivity contribution < 1.29 is 0 Å². The van der Waals surface area contributed by atoms with Crippen LogP contribution in [0, 0.1) is 5.92 Å². The highest BCUT2D eigenvalue weighted by atomic mass is 35.5. The molecule has 0 saturated heterocycles. The molecular formula is C12H21ClN2S. The van der Waals surface area contributed by atoms with E-state index < -0.39 is 0 Å². The Bertz CT molecular complexity index is 331. The van der Waals surface area contributed by atoms with Crippen molar-refractivity contribution in [3.05, 3.63) is 10.8 Å². The van der Waals surface area contributed by atoms with Gasteiger partial charge in [0.25, 0.3) is 0 Å². The Morgan fingerprint density at radius 3 is 2.06 bits per heavy atom. The zero-order valence-electron chi connectivity index (χ0n) is 10.9. The Kier molecular flexibility index (Phi) is 4.35. The molecule has 0 radical (unpaired) electrons. The molecule has 0 spiro atoms. The van der Waals surface area contributed by atoms with Crippen molar-refractivity contribution in [2.75, 3.05) is 0 Å². The molecule has 0 aliphatic heterocycles. The van der Waals surface area contributed by atoms with Crippen molar-refractivity contribution in [3.8, 4) is 0 Å². The van der Waals surface area contributed by atoms with Gasteiger partial charge in [0.05, 0.1) is 0 Å². The van der Waals surface area contributed by atoms with Gasteiger partial charge in [-0.2, -0.15) is 4.37 Å².